The third-order valence-corrected chi connectivity index (χ3v) is 4.96. The molecule has 1 aliphatic rings. The molecular formula is C12H22N6O2S. The van der Waals surface area contributed by atoms with Crippen LogP contribution in [0.5, 0.6) is 0 Å². The Morgan fingerprint density at radius 3 is 2.71 bits per heavy atom. The van der Waals surface area contributed by atoms with Crippen molar-refractivity contribution in [1.82, 2.24) is 19.2 Å². The van der Waals surface area contributed by atoms with Crippen molar-refractivity contribution in [3.05, 3.63) is 12.5 Å². The zero-order valence-corrected chi connectivity index (χ0v) is 12.9. The number of likely N-dealkylation sites (tertiary alicyclic amines) is 1. The molecule has 0 amide bonds. The van der Waals surface area contributed by atoms with Gasteiger partial charge in [0.1, 0.15) is 5.84 Å². The van der Waals surface area contributed by atoms with E-state index in [1.165, 1.54) is 12.5 Å². The summed E-state index contributed by atoms with van der Waals surface area (Å²) in [6.07, 6.45) is 4.47. The standard InChI is InChI=1S/C12H22N6O2S/c1-2-17-8-12(15-9-17)21(19,20)16-10-3-5-18(6-4-10)7-11(13)14/h8-10,16H,2-7H2,1H3,(H3,13,14). The molecule has 2 heterocycles. The lowest BCUT2D eigenvalue weighted by atomic mass is 10.1. The summed E-state index contributed by atoms with van der Waals surface area (Å²) in [4.78, 5) is 5.99. The van der Waals surface area contributed by atoms with E-state index in [9.17, 15) is 8.42 Å². The quantitative estimate of drug-likeness (QED) is 0.487. The molecule has 0 unspecified atom stereocenters. The third kappa shape index (κ3) is 4.26. The zero-order valence-electron chi connectivity index (χ0n) is 12.1. The van der Waals surface area contributed by atoms with Gasteiger partial charge in [0.05, 0.1) is 12.9 Å². The lowest BCUT2D eigenvalue weighted by molar-refractivity contribution is 0.231. The highest BCUT2D eigenvalue weighted by atomic mass is 32.2. The highest BCUT2D eigenvalue weighted by Gasteiger charge is 2.26. The highest BCUT2D eigenvalue weighted by Crippen LogP contribution is 2.13. The van der Waals surface area contributed by atoms with Gasteiger partial charge in [0.25, 0.3) is 10.0 Å². The number of nitrogens with two attached hydrogens (primary N) is 1. The first kappa shape index (κ1) is 15.9. The maximum absolute atomic E-state index is 12.2. The average Bonchev–Trinajstić information content (AvgIpc) is 2.90. The van der Waals surface area contributed by atoms with Crippen LogP contribution in [0.4, 0.5) is 0 Å². The Hall–Kier alpha value is -1.45. The van der Waals surface area contributed by atoms with E-state index in [2.05, 4.69) is 14.6 Å². The second kappa shape index (κ2) is 6.54. The molecule has 21 heavy (non-hydrogen) atoms. The van der Waals surface area contributed by atoms with Gasteiger partial charge in [-0.1, -0.05) is 0 Å². The molecule has 1 aromatic heterocycles. The summed E-state index contributed by atoms with van der Waals surface area (Å²) in [7, 11) is -3.56. The number of rotatable bonds is 6. The van der Waals surface area contributed by atoms with Gasteiger partial charge in [0, 0.05) is 31.9 Å². The Kier molecular flexibility index (Phi) is 4.96. The summed E-state index contributed by atoms with van der Waals surface area (Å²) in [6.45, 7) is 4.52. The fourth-order valence-corrected chi connectivity index (χ4v) is 3.64. The summed E-state index contributed by atoms with van der Waals surface area (Å²) in [5, 5.41) is 7.34. The number of nitrogens with one attached hydrogen (secondary N) is 2. The van der Waals surface area contributed by atoms with E-state index in [1.807, 2.05) is 6.92 Å². The molecule has 0 spiro atoms. The Bertz CT molecular complexity index is 589. The van der Waals surface area contributed by atoms with Crippen molar-refractivity contribution >= 4 is 15.9 Å². The molecule has 0 saturated carbocycles. The van der Waals surface area contributed by atoms with Gasteiger partial charge in [0.2, 0.25) is 0 Å². The lowest BCUT2D eigenvalue weighted by Crippen LogP contribution is -2.46. The number of aryl methyl sites for hydroxylation is 1. The molecule has 1 aliphatic heterocycles. The van der Waals surface area contributed by atoms with E-state index >= 15 is 0 Å². The maximum atomic E-state index is 12.2. The molecule has 9 heteroatoms. The fourth-order valence-electron chi connectivity index (χ4n) is 2.38. The van der Waals surface area contributed by atoms with Gasteiger partial charge < -0.3 is 10.3 Å². The molecule has 0 atom stereocenters. The lowest BCUT2D eigenvalue weighted by Gasteiger charge is -2.31. The van der Waals surface area contributed by atoms with Crippen LogP contribution < -0.4 is 10.5 Å². The summed E-state index contributed by atoms with van der Waals surface area (Å²) in [5.41, 5.74) is 5.37. The number of hydrogen-bond donors (Lipinski definition) is 3. The molecule has 8 nitrogen and oxygen atoms in total. The SMILES string of the molecule is CCn1cnc(S(=O)(=O)NC2CCN(CC(=N)N)CC2)c1. The highest BCUT2D eigenvalue weighted by molar-refractivity contribution is 7.89. The number of sulfonamides is 1. The molecular weight excluding hydrogens is 292 g/mol. The van der Waals surface area contributed by atoms with Crippen LogP contribution in [-0.2, 0) is 16.6 Å². The molecule has 0 bridgehead atoms. The van der Waals surface area contributed by atoms with Crippen LogP contribution in [0.3, 0.4) is 0 Å². The third-order valence-electron chi connectivity index (χ3n) is 3.55. The van der Waals surface area contributed by atoms with E-state index in [4.69, 9.17) is 11.1 Å². The number of hydrogen-bond acceptors (Lipinski definition) is 5. The Morgan fingerprint density at radius 1 is 1.52 bits per heavy atom. The summed E-state index contributed by atoms with van der Waals surface area (Å²) in [5.74, 6) is 0.138. The van der Waals surface area contributed by atoms with Crippen LogP contribution >= 0.6 is 0 Å². The van der Waals surface area contributed by atoms with E-state index in [0.29, 0.717) is 25.9 Å². The molecule has 0 aromatic carbocycles. The van der Waals surface area contributed by atoms with Crippen molar-refractivity contribution in [2.45, 2.75) is 37.4 Å². The van der Waals surface area contributed by atoms with Crippen molar-refractivity contribution in [1.29, 1.82) is 5.41 Å². The largest absolute Gasteiger partial charge is 0.387 e. The van der Waals surface area contributed by atoms with E-state index in [0.717, 1.165) is 13.1 Å². The monoisotopic (exact) mass is 314 g/mol. The molecule has 1 saturated heterocycles. The minimum Gasteiger partial charge on any atom is -0.387 e. The molecule has 4 N–H and O–H groups in total. The zero-order chi connectivity index (χ0) is 15.5. The van der Waals surface area contributed by atoms with Crippen LogP contribution in [0.25, 0.3) is 0 Å². The van der Waals surface area contributed by atoms with Crippen molar-refractivity contribution in [3.8, 4) is 0 Å². The van der Waals surface area contributed by atoms with Crippen molar-refractivity contribution in [2.24, 2.45) is 5.73 Å². The van der Waals surface area contributed by atoms with Crippen molar-refractivity contribution in [3.63, 3.8) is 0 Å². The van der Waals surface area contributed by atoms with Crippen LogP contribution in [0.2, 0.25) is 0 Å². The molecule has 1 fully saturated rings. The van der Waals surface area contributed by atoms with Gasteiger partial charge in [0.15, 0.2) is 5.03 Å². The number of nitrogens with zero attached hydrogens (tertiary/aromatic N) is 3. The number of piperidine rings is 1. The first-order chi connectivity index (χ1) is 9.90. The van der Waals surface area contributed by atoms with Crippen LogP contribution in [0.15, 0.2) is 17.6 Å². The van der Waals surface area contributed by atoms with Crippen LogP contribution in [0.1, 0.15) is 19.8 Å². The Balaban J connectivity index is 1.91. The molecule has 2 rings (SSSR count). The van der Waals surface area contributed by atoms with Gasteiger partial charge in [-0.25, -0.2) is 18.1 Å². The summed E-state index contributed by atoms with van der Waals surface area (Å²) >= 11 is 0. The topological polar surface area (TPSA) is 117 Å². The molecule has 0 aliphatic carbocycles. The van der Waals surface area contributed by atoms with Gasteiger partial charge in [-0.15, -0.1) is 0 Å². The van der Waals surface area contributed by atoms with Gasteiger partial charge in [-0.05, 0) is 19.8 Å². The van der Waals surface area contributed by atoms with E-state index in [1.54, 1.807) is 4.57 Å². The molecule has 118 valence electrons. The predicted molar refractivity (Wildman–Crippen MR) is 79.6 cm³/mol. The van der Waals surface area contributed by atoms with Crippen LogP contribution in [-0.4, -0.2) is 54.4 Å². The second-order valence-electron chi connectivity index (χ2n) is 5.24. The van der Waals surface area contributed by atoms with Gasteiger partial charge in [-0.2, -0.15) is 0 Å². The van der Waals surface area contributed by atoms with Crippen molar-refractivity contribution < 1.29 is 8.42 Å². The number of aromatic nitrogens is 2. The normalized spacial score (nSPS) is 18.0. The van der Waals surface area contributed by atoms with Gasteiger partial charge >= 0.3 is 0 Å². The Morgan fingerprint density at radius 2 is 2.19 bits per heavy atom. The minimum atomic E-state index is -3.56. The number of imidazole rings is 1. The first-order valence-electron chi connectivity index (χ1n) is 7.00. The van der Waals surface area contributed by atoms with Crippen LogP contribution in [0, 0.1) is 5.41 Å². The van der Waals surface area contributed by atoms with Crippen molar-refractivity contribution in [2.75, 3.05) is 19.6 Å². The number of amidine groups is 1. The average molecular weight is 314 g/mol. The summed E-state index contributed by atoms with van der Waals surface area (Å²) < 4.78 is 28.9. The van der Waals surface area contributed by atoms with E-state index in [-0.39, 0.29) is 16.9 Å². The van der Waals surface area contributed by atoms with E-state index < -0.39 is 10.0 Å². The first-order valence-corrected chi connectivity index (χ1v) is 8.48. The molecule has 1 aromatic rings. The Labute approximate surface area is 124 Å². The second-order valence-corrected chi connectivity index (χ2v) is 6.90. The smallest absolute Gasteiger partial charge is 0.259 e. The summed E-state index contributed by atoms with van der Waals surface area (Å²) in [6, 6.07) is -0.0926. The maximum Gasteiger partial charge on any atom is 0.259 e. The minimum absolute atomic E-state index is 0.0653. The molecule has 0 radical (unpaired) electrons. The van der Waals surface area contributed by atoms with Gasteiger partial charge in [-0.3, -0.25) is 10.3 Å². The fraction of sp³-hybridized carbons (Fsp3) is 0.667. The predicted octanol–water partition coefficient (Wildman–Crippen LogP) is -0.418.